The number of aromatic nitrogens is 1. The summed E-state index contributed by atoms with van der Waals surface area (Å²) in [6, 6.07) is 16.8. The summed E-state index contributed by atoms with van der Waals surface area (Å²) in [4.78, 5) is 4.22. The summed E-state index contributed by atoms with van der Waals surface area (Å²) in [7, 11) is 0. The van der Waals surface area contributed by atoms with Crippen molar-refractivity contribution in [1.29, 1.82) is 0 Å². The first kappa shape index (κ1) is 16.2. The maximum absolute atomic E-state index is 4.27. The SMILES string of the molecule is [Pt].[S-]/C=C\[S-].[c-]1ccccc1-c1ccccn1. The monoisotopic (exact) mass is 439 g/mol. The fourth-order valence-corrected chi connectivity index (χ4v) is 1.07. The van der Waals surface area contributed by atoms with Crippen LogP contribution in [0.3, 0.4) is 0 Å². The van der Waals surface area contributed by atoms with E-state index >= 15 is 0 Å². The number of rotatable bonds is 1. The van der Waals surface area contributed by atoms with E-state index in [0.717, 1.165) is 11.3 Å². The number of hydrogen-bond acceptors (Lipinski definition) is 3. The molecule has 1 aromatic carbocycles. The molecule has 0 amide bonds. The third-order valence-electron chi connectivity index (χ3n) is 1.71. The first-order valence-electron chi connectivity index (χ1n) is 4.65. The first-order chi connectivity index (χ1) is 7.88. The molecule has 0 aliphatic rings. The van der Waals surface area contributed by atoms with Crippen molar-refractivity contribution >= 4 is 25.3 Å². The molecule has 0 saturated heterocycles. The van der Waals surface area contributed by atoms with Crippen molar-refractivity contribution in [2.75, 3.05) is 0 Å². The smallest absolute Gasteiger partial charge is 0.0160 e. The summed E-state index contributed by atoms with van der Waals surface area (Å²) >= 11 is 8.54. The van der Waals surface area contributed by atoms with Crippen molar-refractivity contribution < 1.29 is 21.1 Å². The Morgan fingerprint density at radius 3 is 2.18 bits per heavy atom. The van der Waals surface area contributed by atoms with Gasteiger partial charge in [0, 0.05) is 27.3 Å². The van der Waals surface area contributed by atoms with E-state index in [-0.39, 0.29) is 21.1 Å². The molecular weight excluding hydrogens is 429 g/mol. The molecule has 92 valence electrons. The third-order valence-corrected chi connectivity index (χ3v) is 2.15. The molecule has 0 aliphatic carbocycles. The van der Waals surface area contributed by atoms with Gasteiger partial charge < -0.3 is 30.2 Å². The molecule has 2 rings (SSSR count). The van der Waals surface area contributed by atoms with Crippen molar-refractivity contribution in [3.8, 4) is 11.3 Å². The Morgan fingerprint density at radius 1 is 1.00 bits per heavy atom. The van der Waals surface area contributed by atoms with Crippen molar-refractivity contribution in [3.63, 3.8) is 0 Å². The normalized spacial score (nSPS) is 8.94. The number of pyridine rings is 1. The maximum Gasteiger partial charge on any atom is 0.0160 e. The molecule has 0 fully saturated rings. The van der Waals surface area contributed by atoms with Crippen molar-refractivity contribution in [2.24, 2.45) is 0 Å². The van der Waals surface area contributed by atoms with Crippen LogP contribution in [0.2, 0.25) is 0 Å². The summed E-state index contributed by atoms with van der Waals surface area (Å²) in [5, 5.41) is 2.80. The topological polar surface area (TPSA) is 12.9 Å². The van der Waals surface area contributed by atoms with Crippen molar-refractivity contribution in [1.82, 2.24) is 4.98 Å². The van der Waals surface area contributed by atoms with Crippen LogP contribution in [-0.2, 0) is 46.3 Å². The average molecular weight is 439 g/mol. The van der Waals surface area contributed by atoms with Gasteiger partial charge in [0.1, 0.15) is 0 Å². The zero-order chi connectivity index (χ0) is 11.6. The fourth-order valence-electron chi connectivity index (χ4n) is 1.07. The van der Waals surface area contributed by atoms with E-state index in [0.29, 0.717) is 0 Å². The van der Waals surface area contributed by atoms with E-state index in [1.165, 1.54) is 10.8 Å². The molecule has 0 saturated carbocycles. The number of hydrogen-bond donors (Lipinski definition) is 0. The van der Waals surface area contributed by atoms with E-state index in [1.54, 1.807) is 6.20 Å². The quantitative estimate of drug-likeness (QED) is 0.501. The molecule has 1 aromatic heterocycles. The van der Waals surface area contributed by atoms with Crippen molar-refractivity contribution in [3.05, 3.63) is 65.5 Å². The molecular formula is C13H10NPtS2-3. The molecule has 17 heavy (non-hydrogen) atoms. The second kappa shape index (κ2) is 10.4. The van der Waals surface area contributed by atoms with Gasteiger partial charge in [0.2, 0.25) is 0 Å². The molecule has 0 radical (unpaired) electrons. The molecule has 4 heteroatoms. The van der Waals surface area contributed by atoms with Crippen LogP contribution in [0.1, 0.15) is 0 Å². The van der Waals surface area contributed by atoms with Crippen LogP contribution < -0.4 is 0 Å². The van der Waals surface area contributed by atoms with E-state index in [4.69, 9.17) is 0 Å². The fraction of sp³-hybridized carbons (Fsp3) is 0. The molecule has 2 aromatic rings. The van der Waals surface area contributed by atoms with Gasteiger partial charge in [-0.2, -0.15) is 0 Å². The molecule has 1 heterocycles. The minimum Gasteiger partial charge on any atom is -0.789 e. The Labute approximate surface area is 127 Å². The van der Waals surface area contributed by atoms with Gasteiger partial charge in [0.15, 0.2) is 0 Å². The Balaban J connectivity index is 0.000000453. The van der Waals surface area contributed by atoms with E-state index in [2.05, 4.69) is 36.3 Å². The predicted octanol–water partition coefficient (Wildman–Crippen LogP) is 3.10. The van der Waals surface area contributed by atoms with Crippen LogP contribution in [0.25, 0.3) is 11.3 Å². The van der Waals surface area contributed by atoms with Gasteiger partial charge in [-0.1, -0.05) is 12.1 Å². The standard InChI is InChI=1S/C11H8N.C2H4S2.Pt/c1-2-6-10(7-3-1)11-8-4-5-9-12-11;3-1-2-4;/h1-6,8-9H;1-4H;/q-1;;/p-2/b;2-1-;. The molecule has 0 spiro atoms. The van der Waals surface area contributed by atoms with Crippen LogP contribution in [0.15, 0.2) is 59.5 Å². The van der Waals surface area contributed by atoms with Gasteiger partial charge in [-0.15, -0.1) is 35.9 Å². The molecule has 0 atom stereocenters. The van der Waals surface area contributed by atoms with E-state index < -0.39 is 0 Å². The van der Waals surface area contributed by atoms with Gasteiger partial charge in [0.25, 0.3) is 0 Å². The maximum atomic E-state index is 4.27. The molecule has 1 nitrogen and oxygen atoms in total. The second-order valence-corrected chi connectivity index (χ2v) is 3.31. The van der Waals surface area contributed by atoms with Gasteiger partial charge in [-0.3, -0.25) is 0 Å². The zero-order valence-corrected chi connectivity index (χ0v) is 12.8. The van der Waals surface area contributed by atoms with Crippen LogP contribution in [0, 0.1) is 6.07 Å². The van der Waals surface area contributed by atoms with Gasteiger partial charge in [-0.05, 0) is 11.8 Å². The summed E-state index contributed by atoms with van der Waals surface area (Å²) in [5.41, 5.74) is 2.01. The van der Waals surface area contributed by atoms with Crippen LogP contribution in [0.5, 0.6) is 0 Å². The first-order valence-corrected chi connectivity index (χ1v) is 5.60. The zero-order valence-electron chi connectivity index (χ0n) is 8.85. The number of benzene rings is 1. The van der Waals surface area contributed by atoms with Crippen LogP contribution in [-0.4, -0.2) is 4.98 Å². The average Bonchev–Trinajstić information content (AvgIpc) is 2.41. The Hall–Kier alpha value is -0.762. The summed E-state index contributed by atoms with van der Waals surface area (Å²) in [6.45, 7) is 0. The molecule has 0 N–H and O–H groups in total. The minimum atomic E-state index is 0. The summed E-state index contributed by atoms with van der Waals surface area (Å²) in [5.74, 6) is 0. The predicted molar refractivity (Wildman–Crippen MR) is 72.4 cm³/mol. The molecule has 0 unspecified atom stereocenters. The summed E-state index contributed by atoms with van der Waals surface area (Å²) in [6.07, 6.45) is 1.79. The van der Waals surface area contributed by atoms with E-state index in [1.807, 2.05) is 42.5 Å². The third kappa shape index (κ3) is 6.52. The number of nitrogens with zero attached hydrogens (tertiary/aromatic N) is 1. The molecule has 0 aliphatic heterocycles. The van der Waals surface area contributed by atoms with Crippen LogP contribution in [0.4, 0.5) is 0 Å². The second-order valence-electron chi connectivity index (χ2n) is 2.76. The van der Waals surface area contributed by atoms with Gasteiger partial charge in [0.05, 0.1) is 0 Å². The van der Waals surface area contributed by atoms with Crippen molar-refractivity contribution in [2.45, 2.75) is 0 Å². The van der Waals surface area contributed by atoms with E-state index in [9.17, 15) is 0 Å². The Bertz CT molecular complexity index is 376. The largest absolute Gasteiger partial charge is 0.789 e. The Kier molecular flexibility index (Phi) is 9.93. The minimum absolute atomic E-state index is 0. The summed E-state index contributed by atoms with van der Waals surface area (Å²) < 4.78 is 0. The van der Waals surface area contributed by atoms with Crippen LogP contribution >= 0.6 is 0 Å². The Morgan fingerprint density at radius 2 is 1.71 bits per heavy atom. The van der Waals surface area contributed by atoms with Gasteiger partial charge >= 0.3 is 0 Å². The molecule has 0 bridgehead atoms. The van der Waals surface area contributed by atoms with Gasteiger partial charge in [-0.25, -0.2) is 10.8 Å².